The van der Waals surface area contributed by atoms with Crippen molar-refractivity contribution in [3.63, 3.8) is 0 Å². The number of rotatable bonds is 0. The predicted octanol–water partition coefficient (Wildman–Crippen LogP) is 0.959. The summed E-state index contributed by atoms with van der Waals surface area (Å²) in [5.74, 6) is -0.169. The van der Waals surface area contributed by atoms with Gasteiger partial charge in [-0.25, -0.2) is 0 Å². The van der Waals surface area contributed by atoms with Crippen LogP contribution in [0.2, 0.25) is 0 Å². The highest BCUT2D eigenvalue weighted by molar-refractivity contribution is 5.03. The first-order valence-electron chi connectivity index (χ1n) is 2.82. The lowest BCUT2D eigenvalue weighted by Crippen LogP contribution is -2.32. The first kappa shape index (κ1) is 6.20. The molecule has 2 heteroatoms. The zero-order valence-corrected chi connectivity index (χ0v) is 5.56. The van der Waals surface area contributed by atoms with Crippen molar-refractivity contribution >= 4 is 0 Å². The molecule has 0 aliphatic carbocycles. The molecule has 0 amide bonds. The Labute approximate surface area is 53.8 Å². The van der Waals surface area contributed by atoms with Crippen LogP contribution in [0, 0.1) is 12.9 Å². The number of pyridine rings is 1. The lowest BCUT2D eigenvalue weighted by molar-refractivity contribution is -0.700. The second-order valence-corrected chi connectivity index (χ2v) is 2.09. The molecule has 1 aromatic rings. The summed E-state index contributed by atoms with van der Waals surface area (Å²) >= 11 is 0. The minimum absolute atomic E-state index is 0.169. The van der Waals surface area contributed by atoms with E-state index in [-0.39, 0.29) is 5.95 Å². The van der Waals surface area contributed by atoms with Crippen molar-refractivity contribution in [3.8, 4) is 0 Å². The van der Waals surface area contributed by atoms with E-state index in [4.69, 9.17) is 0 Å². The van der Waals surface area contributed by atoms with Crippen LogP contribution in [0.1, 0.15) is 5.56 Å². The molecule has 1 heterocycles. The number of hydrogen-bond acceptors (Lipinski definition) is 0. The lowest BCUT2D eigenvalue weighted by Gasteiger charge is -1.90. The molecule has 0 unspecified atom stereocenters. The van der Waals surface area contributed by atoms with Crippen LogP contribution < -0.4 is 4.57 Å². The summed E-state index contributed by atoms with van der Waals surface area (Å²) < 4.78 is 14.1. The van der Waals surface area contributed by atoms with E-state index < -0.39 is 0 Å². The van der Waals surface area contributed by atoms with Gasteiger partial charge in [0.05, 0.1) is 5.56 Å². The van der Waals surface area contributed by atoms with Crippen molar-refractivity contribution in [2.75, 3.05) is 0 Å². The summed E-state index contributed by atoms with van der Waals surface area (Å²) in [6.07, 6.45) is 1.68. The largest absolute Gasteiger partial charge is 0.362 e. The van der Waals surface area contributed by atoms with Crippen molar-refractivity contribution in [2.45, 2.75) is 6.92 Å². The van der Waals surface area contributed by atoms with Crippen LogP contribution in [0.4, 0.5) is 4.39 Å². The molecule has 1 rings (SSSR count). The molecular weight excluding hydrogens is 117 g/mol. The maximum atomic E-state index is 12.7. The minimum Gasteiger partial charge on any atom is -0.176 e. The monoisotopic (exact) mass is 126 g/mol. The molecule has 0 atom stereocenters. The molecule has 48 valence electrons. The van der Waals surface area contributed by atoms with Crippen LogP contribution in [0.3, 0.4) is 0 Å². The summed E-state index contributed by atoms with van der Waals surface area (Å²) in [6.45, 7) is 1.75. The van der Waals surface area contributed by atoms with Gasteiger partial charge in [0.25, 0.3) is 0 Å². The molecule has 0 saturated carbocycles. The molecule has 0 radical (unpaired) electrons. The van der Waals surface area contributed by atoms with Gasteiger partial charge in [0.1, 0.15) is 7.05 Å². The lowest BCUT2D eigenvalue weighted by atomic mass is 10.3. The summed E-state index contributed by atoms with van der Waals surface area (Å²) in [6, 6.07) is 3.56. The van der Waals surface area contributed by atoms with Crippen molar-refractivity contribution in [2.24, 2.45) is 7.05 Å². The zero-order chi connectivity index (χ0) is 6.85. The summed E-state index contributed by atoms with van der Waals surface area (Å²) in [7, 11) is 1.68. The molecule has 0 aliphatic heterocycles. The van der Waals surface area contributed by atoms with Crippen LogP contribution in [-0.4, -0.2) is 0 Å². The Morgan fingerprint density at radius 2 is 2.22 bits per heavy atom. The van der Waals surface area contributed by atoms with Crippen LogP contribution in [0.5, 0.6) is 0 Å². The second-order valence-electron chi connectivity index (χ2n) is 2.09. The van der Waals surface area contributed by atoms with Crippen molar-refractivity contribution in [1.82, 2.24) is 0 Å². The fourth-order valence-corrected chi connectivity index (χ4v) is 0.729. The van der Waals surface area contributed by atoms with Gasteiger partial charge in [-0.3, -0.25) is 0 Å². The third-order valence-corrected chi connectivity index (χ3v) is 1.29. The smallest absolute Gasteiger partial charge is 0.176 e. The number of hydrogen-bond donors (Lipinski definition) is 0. The molecule has 1 aromatic heterocycles. The van der Waals surface area contributed by atoms with Gasteiger partial charge in [-0.05, 0) is 13.0 Å². The Hall–Kier alpha value is -0.920. The molecule has 0 aliphatic rings. The highest BCUT2D eigenvalue weighted by atomic mass is 19.1. The van der Waals surface area contributed by atoms with E-state index in [1.54, 1.807) is 26.2 Å². The molecule has 0 bridgehead atoms. The van der Waals surface area contributed by atoms with E-state index in [9.17, 15) is 4.39 Å². The third kappa shape index (κ3) is 1.07. The van der Waals surface area contributed by atoms with E-state index in [1.807, 2.05) is 6.07 Å². The number of aryl methyl sites for hydroxylation is 2. The molecular formula is C7H9FN+. The Bertz CT molecular complexity index is 200. The average molecular weight is 126 g/mol. The van der Waals surface area contributed by atoms with E-state index in [0.717, 1.165) is 0 Å². The van der Waals surface area contributed by atoms with Gasteiger partial charge in [-0.2, -0.15) is 4.57 Å². The topological polar surface area (TPSA) is 3.88 Å². The van der Waals surface area contributed by atoms with Crippen molar-refractivity contribution < 1.29 is 8.96 Å². The van der Waals surface area contributed by atoms with E-state index >= 15 is 0 Å². The SMILES string of the molecule is Cc1ccc[n+](C)c1F. The first-order chi connectivity index (χ1) is 4.22. The molecule has 9 heavy (non-hydrogen) atoms. The van der Waals surface area contributed by atoms with Gasteiger partial charge in [0, 0.05) is 6.07 Å². The Balaban J connectivity index is 3.25. The summed E-state index contributed by atoms with van der Waals surface area (Å²) in [5.41, 5.74) is 0.681. The van der Waals surface area contributed by atoms with Gasteiger partial charge in [0.15, 0.2) is 6.20 Å². The summed E-state index contributed by atoms with van der Waals surface area (Å²) in [4.78, 5) is 0. The second kappa shape index (κ2) is 2.13. The third-order valence-electron chi connectivity index (χ3n) is 1.29. The van der Waals surface area contributed by atoms with E-state index in [1.165, 1.54) is 4.57 Å². The molecule has 1 nitrogen and oxygen atoms in total. The van der Waals surface area contributed by atoms with Gasteiger partial charge in [0.2, 0.25) is 0 Å². The van der Waals surface area contributed by atoms with E-state index in [0.29, 0.717) is 5.56 Å². The quantitative estimate of drug-likeness (QED) is 0.360. The van der Waals surface area contributed by atoms with Crippen LogP contribution in [-0.2, 0) is 7.05 Å². The highest BCUT2D eigenvalue weighted by Gasteiger charge is 2.05. The molecule has 0 aromatic carbocycles. The number of aromatic nitrogens is 1. The van der Waals surface area contributed by atoms with E-state index in [2.05, 4.69) is 0 Å². The zero-order valence-electron chi connectivity index (χ0n) is 5.56. The number of nitrogens with zero attached hydrogens (tertiary/aromatic N) is 1. The number of halogens is 1. The average Bonchev–Trinajstić information content (AvgIpc) is 1.83. The predicted molar refractivity (Wildman–Crippen MR) is 32.3 cm³/mol. The Kier molecular flexibility index (Phi) is 1.47. The fraction of sp³-hybridized carbons (Fsp3) is 0.286. The molecule has 0 spiro atoms. The van der Waals surface area contributed by atoms with Gasteiger partial charge < -0.3 is 0 Å². The maximum Gasteiger partial charge on any atom is 0.362 e. The molecule has 0 saturated heterocycles. The van der Waals surface area contributed by atoms with Crippen LogP contribution >= 0.6 is 0 Å². The van der Waals surface area contributed by atoms with Crippen molar-refractivity contribution in [3.05, 3.63) is 29.8 Å². The normalized spacial score (nSPS) is 9.67. The molecule has 0 N–H and O–H groups in total. The summed E-state index contributed by atoms with van der Waals surface area (Å²) in [5, 5.41) is 0. The fourth-order valence-electron chi connectivity index (χ4n) is 0.729. The first-order valence-corrected chi connectivity index (χ1v) is 2.82. The maximum absolute atomic E-state index is 12.7. The van der Waals surface area contributed by atoms with Crippen molar-refractivity contribution in [1.29, 1.82) is 0 Å². The minimum atomic E-state index is -0.169. The molecule has 0 fully saturated rings. The van der Waals surface area contributed by atoms with Crippen LogP contribution in [0.15, 0.2) is 18.3 Å². The standard InChI is InChI=1S/C7H9FN/c1-6-4-3-5-9(2)7(6)8/h3-5H,1-2H3/q+1. The van der Waals surface area contributed by atoms with Gasteiger partial charge in [-0.15, -0.1) is 4.39 Å². The van der Waals surface area contributed by atoms with Gasteiger partial charge >= 0.3 is 5.95 Å². The highest BCUT2D eigenvalue weighted by Crippen LogP contribution is 1.96. The van der Waals surface area contributed by atoms with Gasteiger partial charge in [-0.1, -0.05) is 0 Å². The van der Waals surface area contributed by atoms with Crippen LogP contribution in [0.25, 0.3) is 0 Å². The Morgan fingerprint density at radius 1 is 1.56 bits per heavy atom. The Morgan fingerprint density at radius 3 is 2.67 bits per heavy atom.